The summed E-state index contributed by atoms with van der Waals surface area (Å²) in [7, 11) is 0. The van der Waals surface area contributed by atoms with E-state index in [4.69, 9.17) is 0 Å². The van der Waals surface area contributed by atoms with Crippen LogP contribution in [0.15, 0.2) is 12.2 Å². The molecule has 0 aromatic rings. The number of ketones is 2. The van der Waals surface area contributed by atoms with Crippen molar-refractivity contribution in [2.75, 3.05) is 0 Å². The number of carbonyl (C=O) groups excluding carboxylic acids is 2. The van der Waals surface area contributed by atoms with Crippen LogP contribution in [0.3, 0.4) is 0 Å². The Morgan fingerprint density at radius 1 is 1.31 bits per heavy atom. The van der Waals surface area contributed by atoms with Gasteiger partial charge in [0.15, 0.2) is 5.78 Å². The van der Waals surface area contributed by atoms with E-state index in [-0.39, 0.29) is 11.7 Å². The average molecular weight is 180 g/mol. The van der Waals surface area contributed by atoms with Crippen LogP contribution in [0.4, 0.5) is 0 Å². The Morgan fingerprint density at radius 3 is 2.85 bits per heavy atom. The first-order valence-electron chi connectivity index (χ1n) is 4.92. The van der Waals surface area contributed by atoms with Crippen LogP contribution in [0.25, 0.3) is 0 Å². The number of allylic oxidation sites excluding steroid dienone is 2. The van der Waals surface area contributed by atoms with Crippen LogP contribution < -0.4 is 0 Å². The molecule has 0 aromatic carbocycles. The van der Waals surface area contributed by atoms with Gasteiger partial charge in [0.25, 0.3) is 0 Å². The van der Waals surface area contributed by atoms with Crippen molar-refractivity contribution in [3.8, 4) is 0 Å². The molecule has 0 N–H and O–H groups in total. The highest BCUT2D eigenvalue weighted by Gasteiger charge is 2.13. The Hall–Kier alpha value is -0.920. The van der Waals surface area contributed by atoms with Gasteiger partial charge in [0, 0.05) is 18.8 Å². The molecular formula is C11H16O2. The first-order chi connectivity index (χ1) is 6.20. The van der Waals surface area contributed by atoms with Crippen molar-refractivity contribution in [3.63, 3.8) is 0 Å². The standard InChI is InChI=1S/C11H16O2/c1-9-5-4-7-10(12)6-2-3-8-11(9)13/h2,6,9H,3-5,7-8H2,1H3/b6-2-/t9-/m1/s1. The van der Waals surface area contributed by atoms with Crippen molar-refractivity contribution in [2.45, 2.75) is 39.0 Å². The summed E-state index contributed by atoms with van der Waals surface area (Å²) < 4.78 is 0. The summed E-state index contributed by atoms with van der Waals surface area (Å²) in [6.07, 6.45) is 7.03. The van der Waals surface area contributed by atoms with E-state index in [1.54, 1.807) is 6.08 Å². The molecule has 0 aromatic heterocycles. The second-order valence-corrected chi connectivity index (χ2v) is 3.67. The molecule has 0 amide bonds. The summed E-state index contributed by atoms with van der Waals surface area (Å²) in [4.78, 5) is 22.5. The first kappa shape index (κ1) is 10.2. The maximum Gasteiger partial charge on any atom is 0.155 e. The zero-order valence-electron chi connectivity index (χ0n) is 8.08. The van der Waals surface area contributed by atoms with Crippen molar-refractivity contribution in [2.24, 2.45) is 5.92 Å². The minimum Gasteiger partial charge on any atom is -0.299 e. The third-order valence-electron chi connectivity index (χ3n) is 2.47. The lowest BCUT2D eigenvalue weighted by Crippen LogP contribution is -2.11. The van der Waals surface area contributed by atoms with E-state index >= 15 is 0 Å². The molecule has 0 fully saturated rings. The second-order valence-electron chi connectivity index (χ2n) is 3.67. The molecule has 1 aliphatic carbocycles. The van der Waals surface area contributed by atoms with Gasteiger partial charge in [-0.25, -0.2) is 0 Å². The topological polar surface area (TPSA) is 34.1 Å². The monoisotopic (exact) mass is 180 g/mol. The molecule has 0 heterocycles. The number of hydrogen-bond acceptors (Lipinski definition) is 2. The van der Waals surface area contributed by atoms with Gasteiger partial charge >= 0.3 is 0 Å². The smallest absolute Gasteiger partial charge is 0.155 e. The van der Waals surface area contributed by atoms with Crippen LogP contribution in [0.5, 0.6) is 0 Å². The van der Waals surface area contributed by atoms with Gasteiger partial charge in [0.2, 0.25) is 0 Å². The molecule has 0 saturated heterocycles. The zero-order chi connectivity index (χ0) is 9.68. The van der Waals surface area contributed by atoms with E-state index in [1.807, 2.05) is 13.0 Å². The summed E-state index contributed by atoms with van der Waals surface area (Å²) in [5, 5.41) is 0. The van der Waals surface area contributed by atoms with E-state index < -0.39 is 0 Å². The molecule has 0 bridgehead atoms. The Bertz CT molecular complexity index is 228. The maximum absolute atomic E-state index is 11.4. The Balaban J connectivity index is 2.54. The quantitative estimate of drug-likeness (QED) is 0.573. The van der Waals surface area contributed by atoms with Crippen LogP contribution in [0.2, 0.25) is 0 Å². The van der Waals surface area contributed by atoms with Gasteiger partial charge in [0.05, 0.1) is 0 Å². The molecule has 13 heavy (non-hydrogen) atoms. The third-order valence-corrected chi connectivity index (χ3v) is 2.47. The lowest BCUT2D eigenvalue weighted by atomic mass is 9.94. The molecule has 1 rings (SSSR count). The molecular weight excluding hydrogens is 164 g/mol. The van der Waals surface area contributed by atoms with Crippen LogP contribution in [0, 0.1) is 5.92 Å². The minimum absolute atomic E-state index is 0.138. The van der Waals surface area contributed by atoms with E-state index in [0.29, 0.717) is 18.6 Å². The van der Waals surface area contributed by atoms with Gasteiger partial charge < -0.3 is 0 Å². The molecule has 0 unspecified atom stereocenters. The number of Topliss-reactive ketones (excluding diaryl/α,β-unsaturated/α-hetero) is 1. The predicted molar refractivity (Wildman–Crippen MR) is 51.4 cm³/mol. The largest absolute Gasteiger partial charge is 0.299 e. The van der Waals surface area contributed by atoms with Crippen LogP contribution in [-0.2, 0) is 9.59 Å². The summed E-state index contributed by atoms with van der Waals surface area (Å²) in [6.45, 7) is 1.96. The molecule has 2 heteroatoms. The van der Waals surface area contributed by atoms with Gasteiger partial charge in [-0.05, 0) is 25.3 Å². The highest BCUT2D eigenvalue weighted by Crippen LogP contribution is 2.14. The highest BCUT2D eigenvalue weighted by atomic mass is 16.1. The summed E-state index contributed by atoms with van der Waals surface area (Å²) in [5.41, 5.74) is 0. The highest BCUT2D eigenvalue weighted by molar-refractivity contribution is 5.90. The Morgan fingerprint density at radius 2 is 2.08 bits per heavy atom. The van der Waals surface area contributed by atoms with Crippen molar-refractivity contribution >= 4 is 11.6 Å². The molecule has 1 atom stereocenters. The van der Waals surface area contributed by atoms with Gasteiger partial charge in [-0.15, -0.1) is 0 Å². The van der Waals surface area contributed by atoms with Gasteiger partial charge in [0.1, 0.15) is 5.78 Å². The van der Waals surface area contributed by atoms with Crippen molar-refractivity contribution in [1.82, 2.24) is 0 Å². The molecule has 0 saturated carbocycles. The lowest BCUT2D eigenvalue weighted by Gasteiger charge is -2.09. The van der Waals surface area contributed by atoms with E-state index in [9.17, 15) is 9.59 Å². The lowest BCUT2D eigenvalue weighted by molar-refractivity contribution is -0.123. The van der Waals surface area contributed by atoms with Crippen LogP contribution in [0.1, 0.15) is 39.0 Å². The number of rotatable bonds is 0. The van der Waals surface area contributed by atoms with Crippen molar-refractivity contribution < 1.29 is 9.59 Å². The minimum atomic E-state index is 0.138. The molecule has 0 spiro atoms. The van der Waals surface area contributed by atoms with Crippen LogP contribution >= 0.6 is 0 Å². The van der Waals surface area contributed by atoms with E-state index in [0.717, 1.165) is 19.3 Å². The molecule has 0 aliphatic heterocycles. The van der Waals surface area contributed by atoms with Gasteiger partial charge in [-0.2, -0.15) is 0 Å². The molecule has 0 radical (unpaired) electrons. The average Bonchev–Trinajstić information content (AvgIpc) is 2.11. The van der Waals surface area contributed by atoms with Gasteiger partial charge in [-0.1, -0.05) is 13.0 Å². The molecule has 2 nitrogen and oxygen atoms in total. The third kappa shape index (κ3) is 3.53. The Kier molecular flexibility index (Phi) is 3.87. The second kappa shape index (κ2) is 4.95. The fourth-order valence-electron chi connectivity index (χ4n) is 1.51. The first-order valence-corrected chi connectivity index (χ1v) is 4.92. The SMILES string of the molecule is C[C@@H]1CCCC(=O)/C=C\CCC1=O. The normalized spacial score (nSPS) is 28.5. The summed E-state index contributed by atoms with van der Waals surface area (Å²) >= 11 is 0. The van der Waals surface area contributed by atoms with Crippen molar-refractivity contribution in [1.29, 1.82) is 0 Å². The molecule has 1 aliphatic rings. The van der Waals surface area contributed by atoms with Crippen molar-refractivity contribution in [3.05, 3.63) is 12.2 Å². The van der Waals surface area contributed by atoms with E-state index in [2.05, 4.69) is 0 Å². The fourth-order valence-corrected chi connectivity index (χ4v) is 1.51. The number of hydrogen-bond donors (Lipinski definition) is 0. The number of carbonyl (C=O) groups is 2. The Labute approximate surface area is 79.0 Å². The molecule has 72 valence electrons. The fraction of sp³-hybridized carbons (Fsp3) is 0.636. The zero-order valence-corrected chi connectivity index (χ0v) is 8.08. The predicted octanol–water partition coefficient (Wildman–Crippen LogP) is 2.28. The maximum atomic E-state index is 11.4. The van der Waals surface area contributed by atoms with E-state index in [1.165, 1.54) is 0 Å². The summed E-state index contributed by atoms with van der Waals surface area (Å²) in [6, 6.07) is 0. The van der Waals surface area contributed by atoms with Crippen LogP contribution in [-0.4, -0.2) is 11.6 Å². The summed E-state index contributed by atoms with van der Waals surface area (Å²) in [5.74, 6) is 0.667. The van der Waals surface area contributed by atoms with Gasteiger partial charge in [-0.3, -0.25) is 9.59 Å².